The summed E-state index contributed by atoms with van der Waals surface area (Å²) in [5.41, 5.74) is 2.12. The van der Waals surface area contributed by atoms with E-state index in [1.165, 1.54) is 23.5 Å². The molecule has 0 saturated heterocycles. The standard InChI is InChI=1S/C25H23FN2O3S2/c1-14(2)31-24(30)21-15(3)27-25-28(22(21)17-7-11-19(32-4)12-8-17)23(29)20(33-25)13-16-5-9-18(26)10-6-16/h5-14,22H,1-4H3/b20-13-/t22-/m1/s1. The number of carbonyl (C=O) groups excluding carboxylic acids is 1. The lowest BCUT2D eigenvalue weighted by molar-refractivity contribution is -0.143. The molecule has 2 aromatic carbocycles. The molecule has 0 fully saturated rings. The molecule has 1 aromatic heterocycles. The van der Waals surface area contributed by atoms with Crippen molar-refractivity contribution < 1.29 is 13.9 Å². The Balaban J connectivity index is 1.92. The fourth-order valence-corrected chi connectivity index (χ4v) is 5.13. The first-order valence-electron chi connectivity index (χ1n) is 10.4. The molecule has 0 saturated carbocycles. The number of esters is 1. The Bertz CT molecular complexity index is 1400. The van der Waals surface area contributed by atoms with Crippen LogP contribution in [0.4, 0.5) is 4.39 Å². The SMILES string of the molecule is CSc1ccc([C@@H]2C(C(=O)OC(C)C)=C(C)N=c3s/c(=C\c4ccc(F)cc4)c(=O)n32)cc1. The second-order valence-electron chi connectivity index (χ2n) is 7.86. The number of rotatable bonds is 5. The van der Waals surface area contributed by atoms with Crippen LogP contribution in [0, 0.1) is 5.82 Å². The van der Waals surface area contributed by atoms with Crippen LogP contribution in [0.1, 0.15) is 37.9 Å². The largest absolute Gasteiger partial charge is 0.459 e. The van der Waals surface area contributed by atoms with Crippen molar-refractivity contribution in [2.45, 2.75) is 37.8 Å². The number of hydrogen-bond donors (Lipinski definition) is 0. The molecule has 1 aliphatic heterocycles. The van der Waals surface area contributed by atoms with Crippen LogP contribution >= 0.6 is 23.1 Å². The number of thiazole rings is 1. The van der Waals surface area contributed by atoms with Crippen molar-refractivity contribution in [3.05, 3.63) is 96.4 Å². The van der Waals surface area contributed by atoms with E-state index < -0.39 is 12.0 Å². The lowest BCUT2D eigenvalue weighted by Gasteiger charge is -2.25. The van der Waals surface area contributed by atoms with Crippen molar-refractivity contribution in [3.8, 4) is 0 Å². The van der Waals surface area contributed by atoms with E-state index in [0.29, 0.717) is 26.2 Å². The van der Waals surface area contributed by atoms with Gasteiger partial charge >= 0.3 is 5.97 Å². The Labute approximate surface area is 199 Å². The zero-order valence-corrected chi connectivity index (χ0v) is 20.3. The van der Waals surface area contributed by atoms with Crippen LogP contribution in [-0.2, 0) is 9.53 Å². The molecular formula is C25H23FN2O3S2. The quantitative estimate of drug-likeness (QED) is 0.407. The van der Waals surface area contributed by atoms with E-state index in [9.17, 15) is 14.0 Å². The predicted octanol–water partition coefficient (Wildman–Crippen LogP) is 4.05. The molecule has 0 unspecified atom stereocenters. The van der Waals surface area contributed by atoms with Crippen LogP contribution in [0.3, 0.4) is 0 Å². The van der Waals surface area contributed by atoms with Gasteiger partial charge in [-0.25, -0.2) is 14.2 Å². The van der Waals surface area contributed by atoms with Gasteiger partial charge in [0.25, 0.3) is 5.56 Å². The monoisotopic (exact) mass is 482 g/mol. The van der Waals surface area contributed by atoms with Gasteiger partial charge < -0.3 is 4.74 Å². The first-order valence-corrected chi connectivity index (χ1v) is 12.5. The number of thioether (sulfide) groups is 1. The number of benzene rings is 2. The van der Waals surface area contributed by atoms with E-state index in [-0.39, 0.29) is 17.5 Å². The molecule has 3 aromatic rings. The number of hydrogen-bond acceptors (Lipinski definition) is 6. The molecular weight excluding hydrogens is 459 g/mol. The van der Waals surface area contributed by atoms with E-state index in [1.807, 2.05) is 30.5 Å². The second kappa shape index (κ2) is 9.49. The molecule has 1 atom stereocenters. The predicted molar refractivity (Wildman–Crippen MR) is 130 cm³/mol. The molecule has 8 heteroatoms. The topological polar surface area (TPSA) is 60.7 Å². The van der Waals surface area contributed by atoms with Crippen LogP contribution in [0.15, 0.2) is 74.5 Å². The molecule has 0 amide bonds. The summed E-state index contributed by atoms with van der Waals surface area (Å²) >= 11 is 2.86. The minimum absolute atomic E-state index is 0.260. The van der Waals surface area contributed by atoms with Gasteiger partial charge in [-0.05, 0) is 68.5 Å². The summed E-state index contributed by atoms with van der Waals surface area (Å²) in [5, 5.41) is 0. The van der Waals surface area contributed by atoms with Crippen LogP contribution < -0.4 is 14.9 Å². The molecule has 0 bridgehead atoms. The molecule has 1 aliphatic rings. The van der Waals surface area contributed by atoms with Gasteiger partial charge in [-0.3, -0.25) is 9.36 Å². The maximum atomic E-state index is 13.5. The minimum atomic E-state index is -0.654. The number of ether oxygens (including phenoxy) is 1. The Morgan fingerprint density at radius 1 is 1.18 bits per heavy atom. The van der Waals surface area contributed by atoms with Gasteiger partial charge in [-0.2, -0.15) is 0 Å². The van der Waals surface area contributed by atoms with Gasteiger partial charge in [0.15, 0.2) is 4.80 Å². The minimum Gasteiger partial charge on any atom is -0.459 e. The molecule has 4 rings (SSSR count). The van der Waals surface area contributed by atoms with Crippen LogP contribution in [0.5, 0.6) is 0 Å². The smallest absolute Gasteiger partial charge is 0.338 e. The zero-order valence-electron chi connectivity index (χ0n) is 18.7. The van der Waals surface area contributed by atoms with Gasteiger partial charge in [0, 0.05) is 4.90 Å². The number of carbonyl (C=O) groups is 1. The van der Waals surface area contributed by atoms with Crippen molar-refractivity contribution in [1.82, 2.24) is 4.57 Å². The third-order valence-electron chi connectivity index (χ3n) is 5.18. The second-order valence-corrected chi connectivity index (χ2v) is 9.75. The summed E-state index contributed by atoms with van der Waals surface area (Å²) in [7, 11) is 0. The van der Waals surface area contributed by atoms with E-state index in [2.05, 4.69) is 4.99 Å². The summed E-state index contributed by atoms with van der Waals surface area (Å²) in [5.74, 6) is -0.829. The highest BCUT2D eigenvalue weighted by molar-refractivity contribution is 7.98. The van der Waals surface area contributed by atoms with E-state index in [4.69, 9.17) is 4.74 Å². The highest BCUT2D eigenvalue weighted by atomic mass is 32.2. The maximum Gasteiger partial charge on any atom is 0.338 e. The number of fused-ring (bicyclic) bond motifs is 1. The van der Waals surface area contributed by atoms with Crippen LogP contribution in [0.25, 0.3) is 6.08 Å². The first kappa shape index (κ1) is 23.2. The number of nitrogens with zero attached hydrogens (tertiary/aromatic N) is 2. The number of aromatic nitrogens is 1. The normalized spacial score (nSPS) is 16.1. The molecule has 5 nitrogen and oxygen atoms in total. The Morgan fingerprint density at radius 2 is 1.85 bits per heavy atom. The number of allylic oxidation sites excluding steroid dienone is 1. The highest BCUT2D eigenvalue weighted by Gasteiger charge is 2.33. The van der Waals surface area contributed by atoms with Crippen LogP contribution in [0.2, 0.25) is 0 Å². The average Bonchev–Trinajstić information content (AvgIpc) is 3.08. The summed E-state index contributed by atoms with van der Waals surface area (Å²) in [4.78, 5) is 32.8. The Morgan fingerprint density at radius 3 is 2.45 bits per heavy atom. The lowest BCUT2D eigenvalue weighted by atomic mass is 9.96. The highest BCUT2D eigenvalue weighted by Crippen LogP contribution is 2.32. The van der Waals surface area contributed by atoms with Gasteiger partial charge in [-0.1, -0.05) is 35.6 Å². The van der Waals surface area contributed by atoms with Crippen molar-refractivity contribution in [2.24, 2.45) is 4.99 Å². The fourth-order valence-electron chi connectivity index (χ4n) is 3.67. The molecule has 0 radical (unpaired) electrons. The van der Waals surface area contributed by atoms with Gasteiger partial charge in [0.05, 0.1) is 27.9 Å². The van der Waals surface area contributed by atoms with Gasteiger partial charge in [0.2, 0.25) is 0 Å². The van der Waals surface area contributed by atoms with E-state index >= 15 is 0 Å². The average molecular weight is 483 g/mol. The maximum absolute atomic E-state index is 13.5. The van der Waals surface area contributed by atoms with Crippen molar-refractivity contribution in [1.29, 1.82) is 0 Å². The molecule has 33 heavy (non-hydrogen) atoms. The number of halogens is 1. The Kier molecular flexibility index (Phi) is 6.67. The van der Waals surface area contributed by atoms with E-state index in [0.717, 1.165) is 10.5 Å². The van der Waals surface area contributed by atoms with Crippen molar-refractivity contribution in [3.63, 3.8) is 0 Å². The zero-order chi connectivity index (χ0) is 23.7. The third kappa shape index (κ3) is 4.72. The lowest BCUT2D eigenvalue weighted by Crippen LogP contribution is -2.40. The molecule has 0 spiro atoms. The van der Waals surface area contributed by atoms with Gasteiger partial charge in [-0.15, -0.1) is 11.8 Å². The van der Waals surface area contributed by atoms with Crippen molar-refractivity contribution >= 4 is 35.1 Å². The van der Waals surface area contributed by atoms with Gasteiger partial charge in [0.1, 0.15) is 5.82 Å². The molecule has 0 aliphatic carbocycles. The van der Waals surface area contributed by atoms with E-state index in [1.54, 1.807) is 55.3 Å². The third-order valence-corrected chi connectivity index (χ3v) is 6.91. The summed E-state index contributed by atoms with van der Waals surface area (Å²) in [6, 6.07) is 13.1. The van der Waals surface area contributed by atoms with Crippen molar-refractivity contribution in [2.75, 3.05) is 6.26 Å². The fraction of sp³-hybridized carbons (Fsp3) is 0.240. The first-order chi connectivity index (χ1) is 15.8. The molecule has 170 valence electrons. The summed E-state index contributed by atoms with van der Waals surface area (Å²) < 4.78 is 20.8. The summed E-state index contributed by atoms with van der Waals surface area (Å²) in [6.07, 6.45) is 3.39. The molecule has 2 heterocycles. The molecule has 0 N–H and O–H groups in total. The van der Waals surface area contributed by atoms with Crippen LogP contribution in [-0.4, -0.2) is 22.9 Å². The Hall–Kier alpha value is -2.97. The summed E-state index contributed by atoms with van der Waals surface area (Å²) in [6.45, 7) is 5.33.